The second-order valence-corrected chi connectivity index (χ2v) is 3.92. The molecule has 2 rings (SSSR count). The van der Waals surface area contributed by atoms with Crippen molar-refractivity contribution in [1.82, 2.24) is 4.90 Å². The van der Waals surface area contributed by atoms with Gasteiger partial charge in [-0.1, -0.05) is 43.3 Å². The van der Waals surface area contributed by atoms with Crippen molar-refractivity contribution in [3.63, 3.8) is 0 Å². The molecule has 0 N–H and O–H groups in total. The molecule has 0 bridgehead atoms. The van der Waals surface area contributed by atoms with E-state index in [0.717, 1.165) is 0 Å². The summed E-state index contributed by atoms with van der Waals surface area (Å²) >= 11 is 0. The maximum atomic E-state index is 11.6. The topological polar surface area (TPSA) is 20.3 Å². The zero-order valence-corrected chi connectivity index (χ0v) is 8.89. The van der Waals surface area contributed by atoms with Crippen LogP contribution in [0.4, 0.5) is 0 Å². The van der Waals surface area contributed by atoms with Crippen molar-refractivity contribution >= 4 is 5.91 Å². The first-order chi connectivity index (χ1) is 7.25. The minimum absolute atomic E-state index is 0.104. The quantitative estimate of drug-likeness (QED) is 0.543. The summed E-state index contributed by atoms with van der Waals surface area (Å²) in [6.07, 6.45) is 1.78. The Morgan fingerprint density at radius 1 is 1.40 bits per heavy atom. The van der Waals surface area contributed by atoms with Gasteiger partial charge in [0.2, 0.25) is 5.91 Å². The molecule has 0 saturated carbocycles. The SMILES string of the molecule is C=CCN1C(=O)[C@H](C)[C@H]1c1ccccc1. The van der Waals surface area contributed by atoms with Crippen molar-refractivity contribution in [3.05, 3.63) is 48.6 Å². The maximum Gasteiger partial charge on any atom is 0.228 e. The fourth-order valence-corrected chi connectivity index (χ4v) is 2.18. The number of amides is 1. The van der Waals surface area contributed by atoms with E-state index in [1.807, 2.05) is 30.0 Å². The van der Waals surface area contributed by atoms with E-state index in [1.54, 1.807) is 6.08 Å². The van der Waals surface area contributed by atoms with Gasteiger partial charge in [0.25, 0.3) is 0 Å². The molecule has 1 saturated heterocycles. The van der Waals surface area contributed by atoms with E-state index < -0.39 is 0 Å². The predicted octanol–water partition coefficient (Wildman–Crippen LogP) is 2.39. The van der Waals surface area contributed by atoms with Crippen LogP contribution in [0.15, 0.2) is 43.0 Å². The first-order valence-electron chi connectivity index (χ1n) is 5.22. The molecular formula is C13H15NO. The fraction of sp³-hybridized carbons (Fsp3) is 0.308. The molecule has 78 valence electrons. The van der Waals surface area contributed by atoms with Crippen molar-refractivity contribution in [3.8, 4) is 0 Å². The predicted molar refractivity (Wildman–Crippen MR) is 60.3 cm³/mol. The van der Waals surface area contributed by atoms with Gasteiger partial charge < -0.3 is 4.90 Å². The zero-order valence-electron chi connectivity index (χ0n) is 8.89. The molecule has 0 unspecified atom stereocenters. The van der Waals surface area contributed by atoms with Gasteiger partial charge in [0.1, 0.15) is 0 Å². The van der Waals surface area contributed by atoms with Gasteiger partial charge in [0.05, 0.1) is 12.0 Å². The molecule has 15 heavy (non-hydrogen) atoms. The summed E-state index contributed by atoms with van der Waals surface area (Å²) in [4.78, 5) is 13.5. The van der Waals surface area contributed by atoms with Gasteiger partial charge in [0.15, 0.2) is 0 Å². The third kappa shape index (κ3) is 1.56. The van der Waals surface area contributed by atoms with Gasteiger partial charge in [-0.3, -0.25) is 4.79 Å². The number of carbonyl (C=O) groups is 1. The van der Waals surface area contributed by atoms with E-state index in [-0.39, 0.29) is 17.9 Å². The molecule has 1 aromatic carbocycles. The lowest BCUT2D eigenvalue weighted by molar-refractivity contribution is -0.154. The van der Waals surface area contributed by atoms with E-state index in [4.69, 9.17) is 0 Å². The van der Waals surface area contributed by atoms with Gasteiger partial charge in [0, 0.05) is 6.54 Å². The molecule has 2 nitrogen and oxygen atoms in total. The summed E-state index contributed by atoms with van der Waals surface area (Å²) in [5.74, 6) is 0.330. The minimum atomic E-state index is 0.104. The van der Waals surface area contributed by atoms with Crippen LogP contribution in [-0.4, -0.2) is 17.4 Å². The maximum absolute atomic E-state index is 11.6. The second-order valence-electron chi connectivity index (χ2n) is 3.92. The van der Waals surface area contributed by atoms with Crippen LogP contribution >= 0.6 is 0 Å². The number of β-lactam (4-membered cyclic amide) rings is 1. The van der Waals surface area contributed by atoms with Crippen LogP contribution in [0.2, 0.25) is 0 Å². The molecule has 0 aromatic heterocycles. The standard InChI is InChI=1S/C13H15NO/c1-3-9-14-12(10(2)13(14)15)11-7-5-4-6-8-11/h3-8,10,12H,1,9H2,2H3/t10-,12+/m1/s1. The Kier molecular flexibility index (Phi) is 2.58. The van der Waals surface area contributed by atoms with Crippen LogP contribution in [0.1, 0.15) is 18.5 Å². The highest BCUT2D eigenvalue weighted by Crippen LogP contribution is 2.39. The average Bonchev–Trinajstić information content (AvgIpc) is 2.29. The number of hydrogen-bond acceptors (Lipinski definition) is 1. The fourth-order valence-electron chi connectivity index (χ4n) is 2.18. The molecule has 1 amide bonds. The number of benzene rings is 1. The molecule has 1 fully saturated rings. The lowest BCUT2D eigenvalue weighted by atomic mass is 9.84. The normalized spacial score (nSPS) is 24.9. The van der Waals surface area contributed by atoms with Crippen LogP contribution in [0.25, 0.3) is 0 Å². The summed E-state index contributed by atoms with van der Waals surface area (Å²) < 4.78 is 0. The Morgan fingerprint density at radius 2 is 2.07 bits per heavy atom. The minimum Gasteiger partial charge on any atom is -0.331 e. The summed E-state index contributed by atoms with van der Waals surface area (Å²) in [5, 5.41) is 0. The Bertz CT molecular complexity index is 371. The average molecular weight is 201 g/mol. The number of likely N-dealkylation sites (tertiary alicyclic amines) is 1. The molecule has 0 radical (unpaired) electrons. The van der Waals surface area contributed by atoms with Crippen molar-refractivity contribution < 1.29 is 4.79 Å². The van der Waals surface area contributed by atoms with Gasteiger partial charge in [-0.05, 0) is 5.56 Å². The molecular weight excluding hydrogens is 186 g/mol. The molecule has 1 aliphatic rings. The summed E-state index contributed by atoms with van der Waals surface area (Å²) in [7, 11) is 0. The molecule has 1 aromatic rings. The largest absolute Gasteiger partial charge is 0.331 e. The van der Waals surface area contributed by atoms with Crippen LogP contribution < -0.4 is 0 Å². The van der Waals surface area contributed by atoms with Crippen LogP contribution in [0.5, 0.6) is 0 Å². The van der Waals surface area contributed by atoms with Crippen molar-refractivity contribution in [2.75, 3.05) is 6.54 Å². The van der Waals surface area contributed by atoms with Crippen LogP contribution in [0, 0.1) is 5.92 Å². The van der Waals surface area contributed by atoms with Crippen molar-refractivity contribution in [2.24, 2.45) is 5.92 Å². The molecule has 2 atom stereocenters. The zero-order chi connectivity index (χ0) is 10.8. The Morgan fingerprint density at radius 3 is 2.67 bits per heavy atom. The molecule has 2 heteroatoms. The van der Waals surface area contributed by atoms with Gasteiger partial charge in [-0.25, -0.2) is 0 Å². The Balaban J connectivity index is 2.22. The van der Waals surface area contributed by atoms with E-state index in [9.17, 15) is 4.79 Å². The highest BCUT2D eigenvalue weighted by atomic mass is 16.2. The lowest BCUT2D eigenvalue weighted by Gasteiger charge is -2.45. The van der Waals surface area contributed by atoms with E-state index >= 15 is 0 Å². The molecule has 1 aliphatic heterocycles. The molecule has 0 spiro atoms. The molecule has 1 heterocycles. The van der Waals surface area contributed by atoms with Crippen LogP contribution in [-0.2, 0) is 4.79 Å². The number of rotatable bonds is 3. The van der Waals surface area contributed by atoms with Crippen molar-refractivity contribution in [1.29, 1.82) is 0 Å². The third-order valence-electron chi connectivity index (χ3n) is 2.95. The highest BCUT2D eigenvalue weighted by Gasteiger charge is 2.43. The monoisotopic (exact) mass is 201 g/mol. The van der Waals surface area contributed by atoms with E-state index in [0.29, 0.717) is 6.54 Å². The second kappa shape index (κ2) is 3.89. The lowest BCUT2D eigenvalue weighted by Crippen LogP contribution is -2.53. The smallest absolute Gasteiger partial charge is 0.228 e. The number of nitrogens with zero attached hydrogens (tertiary/aromatic N) is 1. The Hall–Kier alpha value is -1.57. The Labute approximate surface area is 90.2 Å². The van der Waals surface area contributed by atoms with Gasteiger partial charge in [-0.2, -0.15) is 0 Å². The third-order valence-corrected chi connectivity index (χ3v) is 2.95. The number of hydrogen-bond donors (Lipinski definition) is 0. The summed E-state index contributed by atoms with van der Waals surface area (Å²) in [5.41, 5.74) is 1.21. The van der Waals surface area contributed by atoms with E-state index in [2.05, 4.69) is 18.7 Å². The first-order valence-corrected chi connectivity index (χ1v) is 5.22. The van der Waals surface area contributed by atoms with Gasteiger partial charge >= 0.3 is 0 Å². The van der Waals surface area contributed by atoms with Gasteiger partial charge in [-0.15, -0.1) is 6.58 Å². The molecule has 0 aliphatic carbocycles. The van der Waals surface area contributed by atoms with E-state index in [1.165, 1.54) is 5.56 Å². The summed E-state index contributed by atoms with van der Waals surface area (Å²) in [6, 6.07) is 10.4. The first kappa shape index (κ1) is 9.97. The van der Waals surface area contributed by atoms with Crippen LogP contribution in [0.3, 0.4) is 0 Å². The number of carbonyl (C=O) groups excluding carboxylic acids is 1. The van der Waals surface area contributed by atoms with Crippen molar-refractivity contribution in [2.45, 2.75) is 13.0 Å². The highest BCUT2D eigenvalue weighted by molar-refractivity contribution is 5.86. The summed E-state index contributed by atoms with van der Waals surface area (Å²) in [6.45, 7) is 6.30.